The Hall–Kier alpha value is -1.81. The van der Waals surface area contributed by atoms with Gasteiger partial charge in [0.15, 0.2) is 0 Å². The first-order valence-corrected chi connectivity index (χ1v) is 8.93. The first-order valence-electron chi connectivity index (χ1n) is 8.17. The lowest BCUT2D eigenvalue weighted by atomic mass is 10.0. The van der Waals surface area contributed by atoms with E-state index < -0.39 is 0 Å². The van der Waals surface area contributed by atoms with Gasteiger partial charge in [-0.25, -0.2) is 0 Å². The number of rotatable bonds is 3. The molecule has 0 aliphatic carbocycles. The molecule has 3 rings (SSSR count). The molecule has 0 bridgehead atoms. The van der Waals surface area contributed by atoms with E-state index >= 15 is 0 Å². The predicted molar refractivity (Wildman–Crippen MR) is 108 cm³/mol. The molecule has 0 radical (unpaired) electrons. The molecule has 1 aliphatic heterocycles. The molecule has 5 nitrogen and oxygen atoms in total. The summed E-state index contributed by atoms with van der Waals surface area (Å²) in [5, 5.41) is 16.3. The van der Waals surface area contributed by atoms with Crippen molar-refractivity contribution in [3.05, 3.63) is 69.2 Å². The van der Waals surface area contributed by atoms with Crippen molar-refractivity contribution >= 4 is 41.5 Å². The fraction of sp³-hybridized carbons (Fsp3) is 0.263. The summed E-state index contributed by atoms with van der Waals surface area (Å²) in [6.45, 7) is 1.72. The van der Waals surface area contributed by atoms with Gasteiger partial charge in [-0.1, -0.05) is 41.4 Å². The average Bonchev–Trinajstić information content (AvgIpc) is 2.89. The summed E-state index contributed by atoms with van der Waals surface area (Å²) >= 11 is 12.1. The van der Waals surface area contributed by atoms with Crippen LogP contribution in [0.15, 0.2) is 42.5 Å². The van der Waals surface area contributed by atoms with E-state index in [-0.39, 0.29) is 30.5 Å². The van der Waals surface area contributed by atoms with Gasteiger partial charge in [-0.05, 0) is 29.8 Å². The van der Waals surface area contributed by atoms with Gasteiger partial charge in [-0.15, -0.1) is 12.4 Å². The number of halogens is 3. The molecule has 2 atom stereocenters. The highest BCUT2D eigenvalue weighted by atomic mass is 35.5. The van der Waals surface area contributed by atoms with Crippen LogP contribution in [0.25, 0.3) is 0 Å². The van der Waals surface area contributed by atoms with Gasteiger partial charge in [0.2, 0.25) is 0 Å². The van der Waals surface area contributed by atoms with Gasteiger partial charge >= 0.3 is 0 Å². The van der Waals surface area contributed by atoms with Gasteiger partial charge in [0.05, 0.1) is 39.9 Å². The molecule has 0 unspecified atom stereocenters. The predicted octanol–water partition coefficient (Wildman–Crippen LogP) is 3.75. The van der Waals surface area contributed by atoms with Gasteiger partial charge < -0.3 is 15.4 Å². The molecule has 1 fully saturated rings. The van der Waals surface area contributed by atoms with Gasteiger partial charge in [-0.2, -0.15) is 5.26 Å². The number of hydrogen-bond donors (Lipinski definition) is 2. The molecule has 1 heterocycles. The Bertz CT molecular complexity index is 854. The standard InChI is InChI=1S/C19H17Cl2N3O2.ClH/c20-15-6-5-12(9-16(15)21)18-17(11-23-7-8-26-18)24-19(25)14-4-2-1-3-13(14)10-22;/h1-6,9,17-18,23H,7-8,11H2,(H,24,25);1H/t17-,18+;/m1./s1. The van der Waals surface area contributed by atoms with Crippen molar-refractivity contribution in [3.63, 3.8) is 0 Å². The second kappa shape index (κ2) is 9.93. The van der Waals surface area contributed by atoms with Gasteiger partial charge in [0.1, 0.15) is 6.10 Å². The molecule has 1 saturated heterocycles. The number of amides is 1. The minimum absolute atomic E-state index is 0. The van der Waals surface area contributed by atoms with Crippen LogP contribution in [0, 0.1) is 11.3 Å². The quantitative estimate of drug-likeness (QED) is 0.784. The third-order valence-electron chi connectivity index (χ3n) is 4.19. The molecule has 0 aromatic heterocycles. The van der Waals surface area contributed by atoms with Crippen LogP contribution in [-0.2, 0) is 4.74 Å². The highest BCUT2D eigenvalue weighted by molar-refractivity contribution is 6.42. The van der Waals surface area contributed by atoms with Crippen molar-refractivity contribution in [3.8, 4) is 6.07 Å². The zero-order chi connectivity index (χ0) is 18.5. The molecular formula is C19H18Cl3N3O2. The van der Waals surface area contributed by atoms with E-state index in [1.807, 2.05) is 12.1 Å². The number of carbonyl (C=O) groups is 1. The van der Waals surface area contributed by atoms with E-state index in [1.165, 1.54) is 0 Å². The molecule has 8 heteroatoms. The van der Waals surface area contributed by atoms with Crippen LogP contribution in [0.4, 0.5) is 0 Å². The lowest BCUT2D eigenvalue weighted by Crippen LogP contribution is -2.45. The Morgan fingerprint density at radius 1 is 1.22 bits per heavy atom. The fourth-order valence-electron chi connectivity index (χ4n) is 2.91. The Labute approximate surface area is 174 Å². The first kappa shape index (κ1) is 21.5. The zero-order valence-electron chi connectivity index (χ0n) is 14.2. The summed E-state index contributed by atoms with van der Waals surface area (Å²) in [4.78, 5) is 12.7. The normalized spacial score (nSPS) is 19.3. The summed E-state index contributed by atoms with van der Waals surface area (Å²) in [5.74, 6) is -0.315. The third kappa shape index (κ3) is 5.13. The lowest BCUT2D eigenvalue weighted by molar-refractivity contribution is 0.0417. The number of nitrogens with one attached hydrogen (secondary N) is 2. The minimum Gasteiger partial charge on any atom is -0.370 e. The fourth-order valence-corrected chi connectivity index (χ4v) is 3.21. The molecular weight excluding hydrogens is 409 g/mol. The molecule has 1 aliphatic rings. The van der Waals surface area contributed by atoms with Gasteiger partial charge in [0.25, 0.3) is 5.91 Å². The molecule has 0 saturated carbocycles. The maximum absolute atomic E-state index is 12.7. The summed E-state index contributed by atoms with van der Waals surface area (Å²) in [6, 6.07) is 13.7. The molecule has 0 spiro atoms. The number of ether oxygens (including phenoxy) is 1. The highest BCUT2D eigenvalue weighted by Gasteiger charge is 2.28. The van der Waals surface area contributed by atoms with Crippen molar-refractivity contribution in [1.82, 2.24) is 10.6 Å². The molecule has 2 aromatic rings. The van der Waals surface area contributed by atoms with E-state index in [9.17, 15) is 10.1 Å². The highest BCUT2D eigenvalue weighted by Crippen LogP contribution is 2.29. The zero-order valence-corrected chi connectivity index (χ0v) is 16.6. The van der Waals surface area contributed by atoms with E-state index in [0.29, 0.717) is 40.9 Å². The van der Waals surface area contributed by atoms with Gasteiger partial charge in [0, 0.05) is 13.1 Å². The van der Waals surface area contributed by atoms with Crippen molar-refractivity contribution in [2.75, 3.05) is 19.7 Å². The van der Waals surface area contributed by atoms with Crippen LogP contribution in [0.1, 0.15) is 27.6 Å². The van der Waals surface area contributed by atoms with Crippen molar-refractivity contribution in [1.29, 1.82) is 5.26 Å². The van der Waals surface area contributed by atoms with Crippen LogP contribution < -0.4 is 10.6 Å². The second-order valence-corrected chi connectivity index (χ2v) is 6.72. The summed E-state index contributed by atoms with van der Waals surface area (Å²) < 4.78 is 5.95. The molecule has 142 valence electrons. The van der Waals surface area contributed by atoms with Crippen LogP contribution in [-0.4, -0.2) is 31.6 Å². The van der Waals surface area contributed by atoms with Crippen LogP contribution in [0.2, 0.25) is 10.0 Å². The summed E-state index contributed by atoms with van der Waals surface area (Å²) in [7, 11) is 0. The largest absolute Gasteiger partial charge is 0.370 e. The molecule has 1 amide bonds. The molecule has 27 heavy (non-hydrogen) atoms. The van der Waals surface area contributed by atoms with E-state index in [0.717, 1.165) is 5.56 Å². The van der Waals surface area contributed by atoms with Crippen LogP contribution in [0.3, 0.4) is 0 Å². The van der Waals surface area contributed by atoms with E-state index in [2.05, 4.69) is 10.6 Å². The monoisotopic (exact) mass is 425 g/mol. The number of hydrogen-bond acceptors (Lipinski definition) is 4. The van der Waals surface area contributed by atoms with Crippen molar-refractivity contribution in [2.45, 2.75) is 12.1 Å². The number of nitriles is 1. The van der Waals surface area contributed by atoms with E-state index in [1.54, 1.807) is 36.4 Å². The van der Waals surface area contributed by atoms with Crippen LogP contribution in [0.5, 0.6) is 0 Å². The molecule has 2 N–H and O–H groups in total. The van der Waals surface area contributed by atoms with Crippen LogP contribution >= 0.6 is 35.6 Å². The Morgan fingerprint density at radius 2 is 2.00 bits per heavy atom. The van der Waals surface area contributed by atoms with Crippen molar-refractivity contribution in [2.24, 2.45) is 0 Å². The Balaban J connectivity index is 0.00000261. The number of benzene rings is 2. The van der Waals surface area contributed by atoms with Gasteiger partial charge in [-0.3, -0.25) is 4.79 Å². The van der Waals surface area contributed by atoms with Crippen molar-refractivity contribution < 1.29 is 9.53 Å². The topological polar surface area (TPSA) is 74.2 Å². The average molecular weight is 427 g/mol. The van der Waals surface area contributed by atoms with E-state index in [4.69, 9.17) is 27.9 Å². The minimum atomic E-state index is -0.377. The number of nitrogens with zero attached hydrogens (tertiary/aromatic N) is 1. The Morgan fingerprint density at radius 3 is 2.74 bits per heavy atom. The third-order valence-corrected chi connectivity index (χ3v) is 4.93. The summed E-state index contributed by atoms with van der Waals surface area (Å²) in [6.07, 6.45) is -0.377. The Kier molecular flexibility index (Phi) is 7.91. The smallest absolute Gasteiger partial charge is 0.252 e. The summed E-state index contributed by atoms with van der Waals surface area (Å²) in [5.41, 5.74) is 1.51. The maximum Gasteiger partial charge on any atom is 0.252 e. The number of carbonyl (C=O) groups excluding carboxylic acids is 1. The maximum atomic E-state index is 12.7. The SMILES string of the molecule is Cl.N#Cc1ccccc1C(=O)N[C@@H]1CNCCO[C@H]1c1ccc(Cl)c(Cl)c1. The molecule has 2 aromatic carbocycles. The second-order valence-electron chi connectivity index (χ2n) is 5.91. The first-order chi connectivity index (χ1) is 12.6. The lowest BCUT2D eigenvalue weighted by Gasteiger charge is -2.26.